The molecule has 0 bridgehead atoms. The highest BCUT2D eigenvalue weighted by molar-refractivity contribution is 5.73. The van der Waals surface area contributed by atoms with Crippen molar-refractivity contribution in [2.24, 2.45) is 0 Å². The van der Waals surface area contributed by atoms with Crippen molar-refractivity contribution >= 4 is 11.8 Å². The van der Waals surface area contributed by atoms with Gasteiger partial charge in [0.15, 0.2) is 12.6 Å². The van der Waals surface area contributed by atoms with Gasteiger partial charge in [0, 0.05) is 13.8 Å². The lowest BCUT2D eigenvalue weighted by Crippen LogP contribution is -2.64. The van der Waals surface area contributed by atoms with Gasteiger partial charge >= 0.3 is 0 Å². The SMILES string of the molecule is CC(=O)N[C@@H]1[C@H](OCCn2cc(COc3ccc(OCc4cn(CCO[C@H]5O[C@H](CO)[C@H](O)[C@H](O)[C@H]5NC(C)=O)nn4)cc3)nn2)O[C@@H](CO)[C@H](O)[C@H]1O. The van der Waals surface area contributed by atoms with Crippen LogP contribution in [0, 0.1) is 0 Å². The average molecular weight is 767 g/mol. The van der Waals surface area contributed by atoms with Gasteiger partial charge in [0.2, 0.25) is 11.8 Å². The number of amides is 2. The normalized spacial score (nSPS) is 28.4. The second kappa shape index (κ2) is 19.3. The zero-order valence-corrected chi connectivity index (χ0v) is 29.5. The molecule has 0 radical (unpaired) electrons. The minimum atomic E-state index is -1.41. The summed E-state index contributed by atoms with van der Waals surface area (Å²) in [7, 11) is 0. The van der Waals surface area contributed by atoms with Crippen LogP contribution in [0.1, 0.15) is 25.2 Å². The number of rotatable bonds is 18. The molecule has 2 aliphatic rings. The number of benzene rings is 1. The molecule has 2 amide bonds. The second-order valence-corrected chi connectivity index (χ2v) is 12.6. The molecule has 4 heterocycles. The molecule has 22 heteroatoms. The molecule has 22 nitrogen and oxygen atoms in total. The average Bonchev–Trinajstić information content (AvgIpc) is 3.81. The van der Waals surface area contributed by atoms with E-state index in [9.17, 15) is 40.2 Å². The molecule has 0 spiro atoms. The molecule has 298 valence electrons. The van der Waals surface area contributed by atoms with Crippen molar-refractivity contribution in [3.63, 3.8) is 0 Å². The molecule has 54 heavy (non-hydrogen) atoms. The first-order valence-corrected chi connectivity index (χ1v) is 17.1. The lowest BCUT2D eigenvalue weighted by atomic mass is 9.97. The molecule has 8 N–H and O–H groups in total. The molecule has 2 aromatic heterocycles. The first kappa shape index (κ1) is 40.8. The first-order chi connectivity index (χ1) is 25.9. The lowest BCUT2D eigenvalue weighted by Gasteiger charge is -2.42. The van der Waals surface area contributed by atoms with Gasteiger partial charge in [-0.25, -0.2) is 9.36 Å². The fourth-order valence-electron chi connectivity index (χ4n) is 5.73. The third kappa shape index (κ3) is 10.9. The van der Waals surface area contributed by atoms with Crippen LogP contribution in [0.2, 0.25) is 0 Å². The molecule has 0 unspecified atom stereocenters. The van der Waals surface area contributed by atoms with Gasteiger partial charge in [-0.1, -0.05) is 10.4 Å². The van der Waals surface area contributed by atoms with Crippen LogP contribution in [0.5, 0.6) is 11.5 Å². The van der Waals surface area contributed by atoms with Crippen LogP contribution in [0.3, 0.4) is 0 Å². The Morgan fingerprint density at radius 2 is 1.07 bits per heavy atom. The predicted molar refractivity (Wildman–Crippen MR) is 178 cm³/mol. The quantitative estimate of drug-likeness (QED) is 0.0611. The van der Waals surface area contributed by atoms with E-state index in [0.717, 1.165) is 0 Å². The minimum Gasteiger partial charge on any atom is -0.487 e. The second-order valence-electron chi connectivity index (χ2n) is 12.6. The van der Waals surface area contributed by atoms with Crippen LogP contribution < -0.4 is 20.1 Å². The summed E-state index contributed by atoms with van der Waals surface area (Å²) in [6.45, 7) is 2.27. The number of hydrogen-bond acceptors (Lipinski definition) is 18. The summed E-state index contributed by atoms with van der Waals surface area (Å²) in [5.74, 6) is 0.208. The lowest BCUT2D eigenvalue weighted by molar-refractivity contribution is -0.270. The Morgan fingerprint density at radius 3 is 1.43 bits per heavy atom. The molecule has 2 fully saturated rings. The summed E-state index contributed by atoms with van der Waals surface area (Å²) in [5.41, 5.74) is 1.08. The van der Waals surface area contributed by atoms with Crippen molar-refractivity contribution in [1.29, 1.82) is 0 Å². The zero-order chi connectivity index (χ0) is 38.8. The highest BCUT2D eigenvalue weighted by atomic mass is 16.7. The van der Waals surface area contributed by atoms with Crippen molar-refractivity contribution in [3.05, 3.63) is 48.0 Å². The smallest absolute Gasteiger partial charge is 0.217 e. The number of ether oxygens (including phenoxy) is 6. The molecule has 1 aromatic carbocycles. The van der Waals surface area contributed by atoms with Gasteiger partial charge in [-0.2, -0.15) is 0 Å². The van der Waals surface area contributed by atoms with E-state index in [-0.39, 0.29) is 39.5 Å². The van der Waals surface area contributed by atoms with E-state index in [0.29, 0.717) is 22.9 Å². The van der Waals surface area contributed by atoms with E-state index in [1.165, 1.54) is 23.2 Å². The largest absolute Gasteiger partial charge is 0.487 e. The summed E-state index contributed by atoms with van der Waals surface area (Å²) in [6, 6.07) is 4.81. The number of carbonyl (C=O) groups excluding carboxylic acids is 2. The molecule has 3 aromatic rings. The van der Waals surface area contributed by atoms with Gasteiger partial charge in [-0.15, -0.1) is 10.2 Å². The topological polar surface area (TPSA) is 296 Å². The Hall–Kier alpha value is -4.36. The summed E-state index contributed by atoms with van der Waals surface area (Å²) in [5, 5.41) is 81.3. The van der Waals surface area contributed by atoms with Gasteiger partial charge in [0.1, 0.15) is 84.8 Å². The third-order valence-corrected chi connectivity index (χ3v) is 8.48. The first-order valence-electron chi connectivity index (χ1n) is 17.1. The summed E-state index contributed by atoms with van der Waals surface area (Å²) in [4.78, 5) is 23.2. The van der Waals surface area contributed by atoms with Gasteiger partial charge in [-0.05, 0) is 24.3 Å². The van der Waals surface area contributed by atoms with E-state index >= 15 is 0 Å². The van der Waals surface area contributed by atoms with E-state index < -0.39 is 86.3 Å². The van der Waals surface area contributed by atoms with Crippen molar-refractivity contribution < 1.29 is 68.6 Å². The van der Waals surface area contributed by atoms with E-state index in [4.69, 9.17) is 28.4 Å². The standard InChI is InChI=1S/C32H46N8O14/c1-17(43)33-25-29(47)27(45)23(13-41)53-31(25)49-9-7-39-11-19(35-37-39)15-51-21-3-5-22(6-4-21)52-16-20-12-40(38-36-20)8-10-50-32-26(34-18(2)44)30(48)28(46)24(14-42)54-32/h3-6,11-12,23-32,41-42,45-48H,7-10,13-16H2,1-2H3,(H,33,43)(H,34,44)/t23-,24+,25-,26+,27-,28-,29-,30+,31+,32-/m0/s1. The third-order valence-electron chi connectivity index (χ3n) is 8.48. The van der Waals surface area contributed by atoms with E-state index in [1.54, 1.807) is 36.7 Å². The molecule has 0 aliphatic carbocycles. The van der Waals surface area contributed by atoms with Crippen LogP contribution in [-0.2, 0) is 54.8 Å². The summed E-state index contributed by atoms with van der Waals surface area (Å²) < 4.78 is 37.2. The molecule has 10 atom stereocenters. The van der Waals surface area contributed by atoms with Crippen LogP contribution >= 0.6 is 0 Å². The minimum absolute atomic E-state index is 0.0551. The Balaban J connectivity index is 1.01. The maximum Gasteiger partial charge on any atom is 0.217 e. The molecule has 2 saturated heterocycles. The number of aliphatic hydroxyl groups is 6. The number of aliphatic hydroxyl groups excluding tert-OH is 6. The Kier molecular flexibility index (Phi) is 14.6. The Labute approximate surface area is 308 Å². The van der Waals surface area contributed by atoms with Crippen LogP contribution in [-0.4, -0.2) is 160 Å². The number of nitrogens with one attached hydrogen (secondary N) is 2. The van der Waals surface area contributed by atoms with Crippen molar-refractivity contribution in [2.75, 3.05) is 26.4 Å². The number of carbonyl (C=O) groups is 2. The number of hydrogen-bond donors (Lipinski definition) is 8. The van der Waals surface area contributed by atoms with Crippen molar-refractivity contribution in [1.82, 2.24) is 40.6 Å². The van der Waals surface area contributed by atoms with Crippen LogP contribution in [0.15, 0.2) is 36.7 Å². The van der Waals surface area contributed by atoms with Crippen molar-refractivity contribution in [2.45, 2.75) is 101 Å². The molecular weight excluding hydrogens is 720 g/mol. The van der Waals surface area contributed by atoms with Crippen LogP contribution in [0.25, 0.3) is 0 Å². The van der Waals surface area contributed by atoms with Gasteiger partial charge in [-0.3, -0.25) is 9.59 Å². The maximum absolute atomic E-state index is 11.6. The van der Waals surface area contributed by atoms with Crippen LogP contribution in [0.4, 0.5) is 0 Å². The molecular formula is C32H46N8O14. The molecule has 5 rings (SSSR count). The summed E-state index contributed by atoms with van der Waals surface area (Å²) in [6.07, 6.45) is -6.70. The highest BCUT2D eigenvalue weighted by Crippen LogP contribution is 2.24. The fourth-order valence-corrected chi connectivity index (χ4v) is 5.73. The predicted octanol–water partition coefficient (Wildman–Crippen LogP) is -4.05. The zero-order valence-electron chi connectivity index (χ0n) is 29.5. The summed E-state index contributed by atoms with van der Waals surface area (Å²) >= 11 is 0. The Morgan fingerprint density at radius 1 is 0.685 bits per heavy atom. The molecule has 0 saturated carbocycles. The highest BCUT2D eigenvalue weighted by Gasteiger charge is 2.46. The monoisotopic (exact) mass is 766 g/mol. The van der Waals surface area contributed by atoms with Crippen molar-refractivity contribution in [3.8, 4) is 11.5 Å². The number of aromatic nitrogens is 6. The maximum atomic E-state index is 11.6. The van der Waals surface area contributed by atoms with Gasteiger partial charge in [0.25, 0.3) is 0 Å². The fraction of sp³-hybridized carbons (Fsp3) is 0.625. The van der Waals surface area contributed by atoms with Gasteiger partial charge in [0.05, 0.1) is 51.9 Å². The number of nitrogens with zero attached hydrogens (tertiary/aromatic N) is 6. The van der Waals surface area contributed by atoms with Gasteiger partial charge < -0.3 is 69.7 Å². The van der Waals surface area contributed by atoms with E-state index in [2.05, 4.69) is 31.3 Å². The Bertz CT molecular complexity index is 1510. The van der Waals surface area contributed by atoms with E-state index in [1.807, 2.05) is 0 Å². The molecule has 2 aliphatic heterocycles.